The van der Waals surface area contributed by atoms with Gasteiger partial charge in [0.2, 0.25) is 0 Å². The summed E-state index contributed by atoms with van der Waals surface area (Å²) >= 11 is 0. The molecule has 2 aromatic rings. The summed E-state index contributed by atoms with van der Waals surface area (Å²) in [6.07, 6.45) is 5.59. The highest BCUT2D eigenvalue weighted by atomic mass is 16.5. The average Bonchev–Trinajstić information content (AvgIpc) is 2.92. The van der Waals surface area contributed by atoms with Crippen molar-refractivity contribution in [3.63, 3.8) is 0 Å². The first-order valence-electron chi connectivity index (χ1n) is 9.98. The molecule has 146 valence electrons. The maximum Gasteiger partial charge on any atom is 0.191 e. The molecule has 1 aliphatic rings. The maximum absolute atomic E-state index is 5.72. The van der Waals surface area contributed by atoms with Gasteiger partial charge in [0.25, 0.3) is 0 Å². The second kappa shape index (κ2) is 10.5. The van der Waals surface area contributed by atoms with Crippen LogP contribution in [-0.4, -0.2) is 40.4 Å². The van der Waals surface area contributed by atoms with Crippen molar-refractivity contribution in [3.8, 4) is 5.75 Å². The molecule has 0 unspecified atom stereocenters. The van der Waals surface area contributed by atoms with E-state index in [0.29, 0.717) is 13.2 Å². The fourth-order valence-electron chi connectivity index (χ4n) is 3.14. The number of aryl methyl sites for hydroxylation is 1. The van der Waals surface area contributed by atoms with Crippen LogP contribution in [0.4, 0.5) is 0 Å². The van der Waals surface area contributed by atoms with Gasteiger partial charge in [-0.15, -0.1) is 10.2 Å². The Bertz CT molecular complexity index is 713. The predicted molar refractivity (Wildman–Crippen MR) is 107 cm³/mol. The van der Waals surface area contributed by atoms with E-state index < -0.39 is 0 Å². The molecule has 0 saturated carbocycles. The molecular formula is C20H30N6O. The Morgan fingerprint density at radius 2 is 2.04 bits per heavy atom. The number of hydrogen-bond donors (Lipinski definition) is 2. The summed E-state index contributed by atoms with van der Waals surface area (Å²) < 4.78 is 7.96. The Kier molecular flexibility index (Phi) is 7.50. The number of aromatic nitrogens is 3. The van der Waals surface area contributed by atoms with Crippen molar-refractivity contribution in [1.82, 2.24) is 25.4 Å². The van der Waals surface area contributed by atoms with Crippen molar-refractivity contribution >= 4 is 5.96 Å². The highest BCUT2D eigenvalue weighted by Gasteiger charge is 2.14. The zero-order chi connectivity index (χ0) is 18.7. The molecule has 0 fully saturated rings. The number of hydrogen-bond acceptors (Lipinski definition) is 4. The number of para-hydroxylation sites is 1. The van der Waals surface area contributed by atoms with Gasteiger partial charge in [0.05, 0.1) is 6.61 Å². The molecule has 0 aliphatic carbocycles. The van der Waals surface area contributed by atoms with E-state index >= 15 is 0 Å². The molecule has 2 N–H and O–H groups in total. The number of rotatable bonds is 8. The molecule has 1 aromatic heterocycles. The summed E-state index contributed by atoms with van der Waals surface area (Å²) in [6, 6.07) is 9.89. The largest absolute Gasteiger partial charge is 0.494 e. The number of ether oxygens (including phenoxy) is 1. The number of nitrogens with one attached hydrogen (secondary N) is 2. The Morgan fingerprint density at radius 3 is 2.89 bits per heavy atom. The van der Waals surface area contributed by atoms with E-state index in [9.17, 15) is 0 Å². The molecule has 1 aliphatic heterocycles. The second-order valence-corrected chi connectivity index (χ2v) is 6.63. The third-order valence-corrected chi connectivity index (χ3v) is 4.53. The highest BCUT2D eigenvalue weighted by Crippen LogP contribution is 2.14. The predicted octanol–water partition coefficient (Wildman–Crippen LogP) is 2.53. The molecule has 7 nitrogen and oxygen atoms in total. The van der Waals surface area contributed by atoms with Crippen LogP contribution >= 0.6 is 0 Å². The van der Waals surface area contributed by atoms with E-state index in [1.165, 1.54) is 19.3 Å². The number of fused-ring (bicyclic) bond motifs is 1. The minimum atomic E-state index is 0.544. The lowest BCUT2D eigenvalue weighted by Crippen LogP contribution is -2.38. The normalized spacial score (nSPS) is 14.3. The Morgan fingerprint density at radius 1 is 1.15 bits per heavy atom. The first-order valence-corrected chi connectivity index (χ1v) is 9.98. The topological polar surface area (TPSA) is 76.4 Å². The van der Waals surface area contributed by atoms with Crippen molar-refractivity contribution in [3.05, 3.63) is 42.0 Å². The third kappa shape index (κ3) is 5.98. The Hall–Kier alpha value is -2.57. The van der Waals surface area contributed by atoms with Gasteiger partial charge in [-0.3, -0.25) is 0 Å². The molecule has 0 radical (unpaired) electrons. The smallest absolute Gasteiger partial charge is 0.191 e. The van der Waals surface area contributed by atoms with Crippen LogP contribution in [0, 0.1) is 0 Å². The minimum Gasteiger partial charge on any atom is -0.494 e. The van der Waals surface area contributed by atoms with E-state index in [2.05, 4.69) is 37.3 Å². The second-order valence-electron chi connectivity index (χ2n) is 6.63. The molecule has 3 rings (SSSR count). The summed E-state index contributed by atoms with van der Waals surface area (Å²) in [7, 11) is 0. The SMILES string of the molecule is CCNC(=NCc1nnc2n1CCCCC2)NCCCOc1ccccc1. The van der Waals surface area contributed by atoms with Gasteiger partial charge in [0.1, 0.15) is 18.1 Å². The quantitative estimate of drug-likeness (QED) is 0.424. The highest BCUT2D eigenvalue weighted by molar-refractivity contribution is 5.79. The molecule has 27 heavy (non-hydrogen) atoms. The maximum atomic E-state index is 5.72. The van der Waals surface area contributed by atoms with Crippen LogP contribution < -0.4 is 15.4 Å². The van der Waals surface area contributed by atoms with Crippen molar-refractivity contribution < 1.29 is 4.74 Å². The molecule has 7 heteroatoms. The molecule has 0 atom stereocenters. The van der Waals surface area contributed by atoms with Crippen LogP contribution in [0.2, 0.25) is 0 Å². The van der Waals surface area contributed by atoms with Crippen LogP contribution in [0.5, 0.6) is 5.75 Å². The van der Waals surface area contributed by atoms with E-state index in [1.807, 2.05) is 30.3 Å². The first-order chi connectivity index (χ1) is 13.4. The summed E-state index contributed by atoms with van der Waals surface area (Å²) in [5.74, 6) is 3.78. The molecule has 0 spiro atoms. The van der Waals surface area contributed by atoms with Crippen molar-refractivity contribution in [2.24, 2.45) is 4.99 Å². The Labute approximate surface area is 161 Å². The van der Waals surface area contributed by atoms with Gasteiger partial charge >= 0.3 is 0 Å². The molecule has 0 bridgehead atoms. The van der Waals surface area contributed by atoms with Crippen LogP contribution in [0.3, 0.4) is 0 Å². The van der Waals surface area contributed by atoms with Crippen LogP contribution in [-0.2, 0) is 19.5 Å². The number of aliphatic imine (C=N–C) groups is 1. The number of nitrogens with zero attached hydrogens (tertiary/aromatic N) is 4. The van der Waals surface area contributed by atoms with Gasteiger partial charge in [0.15, 0.2) is 11.8 Å². The van der Waals surface area contributed by atoms with Gasteiger partial charge in [0, 0.05) is 26.1 Å². The van der Waals surface area contributed by atoms with E-state index in [1.54, 1.807) is 0 Å². The lowest BCUT2D eigenvalue weighted by molar-refractivity contribution is 0.311. The molecule has 1 aromatic carbocycles. The van der Waals surface area contributed by atoms with Crippen molar-refractivity contribution in [2.75, 3.05) is 19.7 Å². The van der Waals surface area contributed by atoms with Crippen LogP contribution in [0.1, 0.15) is 44.3 Å². The summed E-state index contributed by atoms with van der Waals surface area (Å²) in [4.78, 5) is 4.68. The fourth-order valence-corrected chi connectivity index (χ4v) is 3.14. The van der Waals surface area contributed by atoms with Crippen molar-refractivity contribution in [1.29, 1.82) is 0 Å². The van der Waals surface area contributed by atoms with E-state index in [0.717, 1.165) is 55.8 Å². The van der Waals surface area contributed by atoms with Gasteiger partial charge < -0.3 is 19.9 Å². The first kappa shape index (κ1) is 19.2. The average molecular weight is 371 g/mol. The van der Waals surface area contributed by atoms with Gasteiger partial charge in [-0.25, -0.2) is 4.99 Å². The summed E-state index contributed by atoms with van der Waals surface area (Å²) in [5.41, 5.74) is 0. The van der Waals surface area contributed by atoms with Crippen LogP contribution in [0.25, 0.3) is 0 Å². The van der Waals surface area contributed by atoms with E-state index in [4.69, 9.17) is 4.74 Å². The summed E-state index contributed by atoms with van der Waals surface area (Å²) in [6.45, 7) is 5.92. The zero-order valence-electron chi connectivity index (χ0n) is 16.2. The van der Waals surface area contributed by atoms with Gasteiger partial charge in [-0.05, 0) is 38.3 Å². The lowest BCUT2D eigenvalue weighted by atomic mass is 10.2. The number of guanidine groups is 1. The van der Waals surface area contributed by atoms with Gasteiger partial charge in [-0.1, -0.05) is 24.6 Å². The van der Waals surface area contributed by atoms with E-state index in [-0.39, 0.29) is 0 Å². The van der Waals surface area contributed by atoms with Crippen LogP contribution in [0.15, 0.2) is 35.3 Å². The van der Waals surface area contributed by atoms with Gasteiger partial charge in [-0.2, -0.15) is 0 Å². The lowest BCUT2D eigenvalue weighted by Gasteiger charge is -2.12. The standard InChI is InChI=1S/C20H30N6O/c1-2-21-20(22-13-9-15-27-17-10-5-3-6-11-17)23-16-19-25-24-18-12-7-4-8-14-26(18)19/h3,5-6,10-11H,2,4,7-9,12-16H2,1H3,(H2,21,22,23). The number of benzene rings is 1. The minimum absolute atomic E-state index is 0.544. The molecule has 0 amide bonds. The molecule has 0 saturated heterocycles. The third-order valence-electron chi connectivity index (χ3n) is 4.53. The summed E-state index contributed by atoms with van der Waals surface area (Å²) in [5, 5.41) is 15.3. The zero-order valence-corrected chi connectivity index (χ0v) is 16.2. The molecule has 2 heterocycles. The Balaban J connectivity index is 1.46. The van der Waals surface area contributed by atoms with Crippen molar-refractivity contribution in [2.45, 2.75) is 52.1 Å². The molecular weight excluding hydrogens is 340 g/mol. The fraction of sp³-hybridized carbons (Fsp3) is 0.550. The monoisotopic (exact) mass is 370 g/mol.